The fourth-order valence-electron chi connectivity index (χ4n) is 2.42. The molecule has 2 aromatic carbocycles. The molecule has 5 heteroatoms. The SMILES string of the molecule is CCc1c(Br)c(N)c(Br)c(C)c1NC(=O)c1ccccc1C. The minimum atomic E-state index is -0.112. The van der Waals surface area contributed by atoms with Crippen molar-refractivity contribution in [1.82, 2.24) is 0 Å². The quantitative estimate of drug-likeness (QED) is 0.661. The van der Waals surface area contributed by atoms with Crippen molar-refractivity contribution in [3.8, 4) is 0 Å². The first-order chi connectivity index (χ1) is 10.4. The van der Waals surface area contributed by atoms with Crippen LogP contribution in [0.1, 0.15) is 34.0 Å². The standard InChI is InChI=1S/C17H18Br2N2O/c1-4-11-14(19)15(20)13(18)10(3)16(11)21-17(22)12-8-6-5-7-9(12)2/h5-8H,4,20H2,1-3H3,(H,21,22). The Kier molecular flexibility index (Phi) is 5.29. The highest BCUT2D eigenvalue weighted by molar-refractivity contribution is 9.11. The fraction of sp³-hybridized carbons (Fsp3) is 0.235. The molecule has 0 fully saturated rings. The summed E-state index contributed by atoms with van der Waals surface area (Å²) < 4.78 is 1.63. The van der Waals surface area contributed by atoms with Crippen LogP contribution in [-0.2, 0) is 6.42 Å². The van der Waals surface area contributed by atoms with E-state index in [0.717, 1.165) is 37.7 Å². The molecule has 0 heterocycles. The predicted molar refractivity (Wildman–Crippen MR) is 99.5 cm³/mol. The van der Waals surface area contributed by atoms with E-state index >= 15 is 0 Å². The van der Waals surface area contributed by atoms with Gasteiger partial charge in [0.15, 0.2) is 0 Å². The Labute approximate surface area is 147 Å². The molecule has 0 unspecified atom stereocenters. The summed E-state index contributed by atoms with van der Waals surface area (Å²) in [5.41, 5.74) is 11.1. The zero-order chi connectivity index (χ0) is 16.4. The predicted octanol–water partition coefficient (Wildman–Crippen LogP) is 5.23. The lowest BCUT2D eigenvalue weighted by molar-refractivity contribution is 0.102. The molecule has 0 atom stereocenters. The van der Waals surface area contributed by atoms with Gasteiger partial charge in [-0.3, -0.25) is 4.79 Å². The summed E-state index contributed by atoms with van der Waals surface area (Å²) in [6, 6.07) is 7.54. The molecule has 116 valence electrons. The molecular formula is C17H18Br2N2O. The second-order valence-electron chi connectivity index (χ2n) is 5.14. The second kappa shape index (κ2) is 6.84. The number of nitrogen functional groups attached to an aromatic ring is 1. The summed E-state index contributed by atoms with van der Waals surface area (Å²) in [6.07, 6.45) is 0.766. The number of carbonyl (C=O) groups excluding carboxylic acids is 1. The molecule has 0 aliphatic carbocycles. The van der Waals surface area contributed by atoms with Gasteiger partial charge in [-0.1, -0.05) is 25.1 Å². The maximum Gasteiger partial charge on any atom is 0.255 e. The van der Waals surface area contributed by atoms with Gasteiger partial charge in [-0.25, -0.2) is 0 Å². The minimum Gasteiger partial charge on any atom is -0.397 e. The third kappa shape index (κ3) is 3.06. The van der Waals surface area contributed by atoms with Crippen molar-refractivity contribution in [2.24, 2.45) is 0 Å². The van der Waals surface area contributed by atoms with Gasteiger partial charge < -0.3 is 11.1 Å². The molecule has 0 aliphatic heterocycles. The highest BCUT2D eigenvalue weighted by Crippen LogP contribution is 2.40. The van der Waals surface area contributed by atoms with E-state index in [1.54, 1.807) is 0 Å². The number of amides is 1. The molecule has 0 radical (unpaired) electrons. The molecule has 0 spiro atoms. The Bertz CT molecular complexity index is 742. The first kappa shape index (κ1) is 17.0. The van der Waals surface area contributed by atoms with E-state index < -0.39 is 0 Å². The third-order valence-electron chi connectivity index (χ3n) is 3.73. The van der Waals surface area contributed by atoms with Crippen LogP contribution in [0.25, 0.3) is 0 Å². The summed E-state index contributed by atoms with van der Waals surface area (Å²) >= 11 is 7.03. The number of nitrogens with two attached hydrogens (primary N) is 1. The van der Waals surface area contributed by atoms with Crippen molar-refractivity contribution < 1.29 is 4.79 Å². The van der Waals surface area contributed by atoms with E-state index in [-0.39, 0.29) is 5.91 Å². The average molecular weight is 426 g/mol. The Hall–Kier alpha value is -1.33. The zero-order valence-corrected chi connectivity index (χ0v) is 15.9. The number of aryl methyl sites for hydroxylation is 1. The highest BCUT2D eigenvalue weighted by Gasteiger charge is 2.19. The van der Waals surface area contributed by atoms with Crippen LogP contribution >= 0.6 is 31.9 Å². The summed E-state index contributed by atoms with van der Waals surface area (Å²) in [5.74, 6) is -0.112. The van der Waals surface area contributed by atoms with Gasteiger partial charge in [0.05, 0.1) is 5.69 Å². The van der Waals surface area contributed by atoms with Crippen LogP contribution in [0.3, 0.4) is 0 Å². The van der Waals surface area contributed by atoms with Crippen LogP contribution in [0.5, 0.6) is 0 Å². The van der Waals surface area contributed by atoms with Gasteiger partial charge in [-0.15, -0.1) is 0 Å². The Morgan fingerprint density at radius 2 is 1.82 bits per heavy atom. The van der Waals surface area contributed by atoms with Crippen LogP contribution in [0.2, 0.25) is 0 Å². The fourth-order valence-corrected chi connectivity index (χ4v) is 3.76. The molecule has 2 aromatic rings. The lowest BCUT2D eigenvalue weighted by Gasteiger charge is -2.19. The van der Waals surface area contributed by atoms with Crippen molar-refractivity contribution in [1.29, 1.82) is 0 Å². The smallest absolute Gasteiger partial charge is 0.255 e. The molecular weight excluding hydrogens is 408 g/mol. The Morgan fingerprint density at radius 3 is 2.41 bits per heavy atom. The lowest BCUT2D eigenvalue weighted by atomic mass is 10.0. The summed E-state index contributed by atoms with van der Waals surface area (Å²) in [5, 5.41) is 3.04. The summed E-state index contributed by atoms with van der Waals surface area (Å²) in [7, 11) is 0. The molecule has 0 saturated heterocycles. The van der Waals surface area contributed by atoms with E-state index in [4.69, 9.17) is 5.73 Å². The second-order valence-corrected chi connectivity index (χ2v) is 6.73. The van der Waals surface area contributed by atoms with Gasteiger partial charge >= 0.3 is 0 Å². The van der Waals surface area contributed by atoms with Gasteiger partial charge in [0.2, 0.25) is 0 Å². The number of nitrogens with one attached hydrogen (secondary N) is 1. The number of rotatable bonds is 3. The number of carbonyl (C=O) groups is 1. The first-order valence-corrected chi connectivity index (χ1v) is 8.59. The molecule has 2 rings (SSSR count). The van der Waals surface area contributed by atoms with Crippen molar-refractivity contribution in [2.75, 3.05) is 11.1 Å². The molecule has 3 nitrogen and oxygen atoms in total. The van der Waals surface area contributed by atoms with Crippen LogP contribution in [-0.4, -0.2) is 5.91 Å². The normalized spacial score (nSPS) is 10.6. The zero-order valence-electron chi connectivity index (χ0n) is 12.8. The van der Waals surface area contributed by atoms with E-state index in [1.165, 1.54) is 0 Å². The molecule has 0 aromatic heterocycles. The van der Waals surface area contributed by atoms with Crippen molar-refractivity contribution in [2.45, 2.75) is 27.2 Å². The number of benzene rings is 2. The number of hydrogen-bond acceptors (Lipinski definition) is 2. The molecule has 0 saturated carbocycles. The first-order valence-electron chi connectivity index (χ1n) is 7.01. The van der Waals surface area contributed by atoms with Gasteiger partial charge in [-0.05, 0) is 74.9 Å². The molecule has 3 N–H and O–H groups in total. The van der Waals surface area contributed by atoms with Crippen LogP contribution in [0, 0.1) is 13.8 Å². The van der Waals surface area contributed by atoms with Gasteiger partial charge in [0, 0.05) is 20.2 Å². The Morgan fingerprint density at radius 1 is 1.18 bits per heavy atom. The third-order valence-corrected chi connectivity index (χ3v) is 5.65. The molecule has 0 bridgehead atoms. The van der Waals surface area contributed by atoms with Gasteiger partial charge in [-0.2, -0.15) is 0 Å². The molecule has 0 aliphatic rings. The molecule has 22 heavy (non-hydrogen) atoms. The minimum absolute atomic E-state index is 0.112. The van der Waals surface area contributed by atoms with E-state index in [0.29, 0.717) is 11.3 Å². The summed E-state index contributed by atoms with van der Waals surface area (Å²) in [6.45, 7) is 5.91. The maximum atomic E-state index is 12.6. The lowest BCUT2D eigenvalue weighted by Crippen LogP contribution is -2.16. The van der Waals surface area contributed by atoms with Crippen molar-refractivity contribution in [3.05, 3.63) is 55.5 Å². The van der Waals surface area contributed by atoms with Crippen LogP contribution in [0.15, 0.2) is 33.2 Å². The topological polar surface area (TPSA) is 55.1 Å². The van der Waals surface area contributed by atoms with E-state index in [2.05, 4.69) is 37.2 Å². The van der Waals surface area contributed by atoms with Crippen LogP contribution < -0.4 is 11.1 Å². The highest BCUT2D eigenvalue weighted by atomic mass is 79.9. The van der Waals surface area contributed by atoms with Crippen LogP contribution in [0.4, 0.5) is 11.4 Å². The Balaban J connectivity index is 2.50. The molecule has 1 amide bonds. The monoisotopic (exact) mass is 424 g/mol. The average Bonchev–Trinajstić information content (AvgIpc) is 2.51. The summed E-state index contributed by atoms with van der Waals surface area (Å²) in [4.78, 5) is 12.6. The van der Waals surface area contributed by atoms with Gasteiger partial charge in [0.25, 0.3) is 5.91 Å². The van der Waals surface area contributed by atoms with Crippen molar-refractivity contribution in [3.63, 3.8) is 0 Å². The van der Waals surface area contributed by atoms with Gasteiger partial charge in [0.1, 0.15) is 0 Å². The number of hydrogen-bond donors (Lipinski definition) is 2. The van der Waals surface area contributed by atoms with E-state index in [1.807, 2.05) is 45.0 Å². The number of anilines is 2. The largest absolute Gasteiger partial charge is 0.397 e. The van der Waals surface area contributed by atoms with E-state index in [9.17, 15) is 4.79 Å². The van der Waals surface area contributed by atoms with Crippen molar-refractivity contribution >= 4 is 49.1 Å². The maximum absolute atomic E-state index is 12.6. The number of halogens is 2.